The van der Waals surface area contributed by atoms with Crippen LogP contribution in [-0.2, 0) is 17.2 Å². The van der Waals surface area contributed by atoms with E-state index >= 15 is 4.39 Å². The summed E-state index contributed by atoms with van der Waals surface area (Å²) >= 11 is 0. The Bertz CT molecular complexity index is 1620. The highest BCUT2D eigenvalue weighted by Crippen LogP contribution is 2.39. The summed E-state index contributed by atoms with van der Waals surface area (Å²) in [4.78, 5) is 4.87. The van der Waals surface area contributed by atoms with Gasteiger partial charge < -0.3 is 9.26 Å². The van der Waals surface area contributed by atoms with Crippen LogP contribution in [0.2, 0.25) is 0 Å². The van der Waals surface area contributed by atoms with Crippen LogP contribution < -0.4 is 9.46 Å². The maximum Gasteiger partial charge on any atom is 0.416 e. The van der Waals surface area contributed by atoms with Crippen LogP contribution in [0.15, 0.2) is 88.6 Å². The Balaban J connectivity index is 1.56. The quantitative estimate of drug-likeness (QED) is 0.244. The zero-order chi connectivity index (χ0) is 26.2. The van der Waals surface area contributed by atoms with E-state index in [1.807, 2.05) is 0 Å². The van der Waals surface area contributed by atoms with Crippen molar-refractivity contribution in [3.63, 3.8) is 0 Å². The SMILES string of the molecule is COc1cc(-c2cccc(C(F)(F)F)c2)c(F)cc1-c1nccc2cc(S(=O)Nc3ccon3)ccc12. The van der Waals surface area contributed by atoms with Crippen LogP contribution in [0.25, 0.3) is 33.2 Å². The third kappa shape index (κ3) is 4.90. The minimum atomic E-state index is -4.56. The summed E-state index contributed by atoms with van der Waals surface area (Å²) in [7, 11) is -0.236. The third-order valence-electron chi connectivity index (χ3n) is 5.63. The molecule has 0 aliphatic carbocycles. The van der Waals surface area contributed by atoms with E-state index in [0.717, 1.165) is 12.1 Å². The lowest BCUT2D eigenvalue weighted by atomic mass is 9.97. The van der Waals surface area contributed by atoms with Gasteiger partial charge in [0.15, 0.2) is 16.8 Å². The molecule has 1 N–H and O–H groups in total. The number of alkyl halides is 3. The van der Waals surface area contributed by atoms with Crippen LogP contribution in [0.4, 0.5) is 23.4 Å². The number of nitrogens with one attached hydrogen (secondary N) is 1. The molecular weight excluding hydrogens is 510 g/mol. The van der Waals surface area contributed by atoms with Crippen LogP contribution in [-0.4, -0.2) is 21.5 Å². The van der Waals surface area contributed by atoms with Gasteiger partial charge in [-0.15, -0.1) is 0 Å². The van der Waals surface area contributed by atoms with E-state index in [1.54, 1.807) is 24.3 Å². The van der Waals surface area contributed by atoms with Crippen LogP contribution in [0.1, 0.15) is 5.56 Å². The Morgan fingerprint density at radius 1 is 1.00 bits per heavy atom. The monoisotopic (exact) mass is 527 g/mol. The average molecular weight is 527 g/mol. The molecule has 0 amide bonds. The second-order valence-electron chi connectivity index (χ2n) is 7.91. The Kier molecular flexibility index (Phi) is 6.38. The summed E-state index contributed by atoms with van der Waals surface area (Å²) in [5.74, 6) is -0.187. The van der Waals surface area contributed by atoms with E-state index in [9.17, 15) is 17.4 Å². The Hall–Kier alpha value is -4.25. The van der Waals surface area contributed by atoms with Gasteiger partial charge in [-0.2, -0.15) is 13.2 Å². The fraction of sp³-hybridized carbons (Fsp3) is 0.0769. The van der Waals surface area contributed by atoms with E-state index in [1.165, 1.54) is 49.9 Å². The number of pyridine rings is 1. The first-order valence-electron chi connectivity index (χ1n) is 10.8. The van der Waals surface area contributed by atoms with Crippen LogP contribution in [0.3, 0.4) is 0 Å². The third-order valence-corrected chi connectivity index (χ3v) is 6.71. The summed E-state index contributed by atoms with van der Waals surface area (Å²) in [5, 5.41) is 4.99. The molecule has 5 rings (SSSR count). The lowest BCUT2D eigenvalue weighted by Gasteiger charge is -2.15. The molecule has 1 unspecified atom stereocenters. The van der Waals surface area contributed by atoms with Crippen LogP contribution >= 0.6 is 0 Å². The summed E-state index contributed by atoms with van der Waals surface area (Å²) in [6.45, 7) is 0. The molecule has 37 heavy (non-hydrogen) atoms. The molecule has 0 fully saturated rings. The zero-order valence-corrected chi connectivity index (χ0v) is 19.9. The van der Waals surface area contributed by atoms with Crippen molar-refractivity contribution in [3.8, 4) is 28.1 Å². The molecule has 0 aliphatic rings. The fourth-order valence-corrected chi connectivity index (χ4v) is 4.74. The van der Waals surface area contributed by atoms with Gasteiger partial charge in [0, 0.05) is 28.8 Å². The van der Waals surface area contributed by atoms with Crippen molar-refractivity contribution in [2.24, 2.45) is 0 Å². The number of benzene rings is 3. The molecule has 5 aromatic rings. The maximum absolute atomic E-state index is 15.3. The number of nitrogens with zero attached hydrogens (tertiary/aromatic N) is 2. The lowest BCUT2D eigenvalue weighted by molar-refractivity contribution is -0.137. The summed E-state index contributed by atoms with van der Waals surface area (Å²) in [6, 6.07) is 15.3. The first-order valence-corrected chi connectivity index (χ1v) is 11.9. The summed E-state index contributed by atoms with van der Waals surface area (Å²) < 4.78 is 80.4. The van der Waals surface area contributed by atoms with Crippen molar-refractivity contribution in [1.29, 1.82) is 0 Å². The molecular formula is C26H17F4N3O3S. The number of hydrogen-bond acceptors (Lipinski definition) is 5. The largest absolute Gasteiger partial charge is 0.496 e. The van der Waals surface area contributed by atoms with Crippen LogP contribution in [0, 0.1) is 5.82 Å². The number of rotatable bonds is 6. The molecule has 188 valence electrons. The second-order valence-corrected chi connectivity index (χ2v) is 9.12. The Labute approximate surface area is 210 Å². The van der Waals surface area contributed by atoms with E-state index in [0.29, 0.717) is 32.7 Å². The van der Waals surface area contributed by atoms with E-state index in [-0.39, 0.29) is 16.9 Å². The molecule has 3 aromatic carbocycles. The number of fused-ring (bicyclic) bond motifs is 1. The lowest BCUT2D eigenvalue weighted by Crippen LogP contribution is -2.05. The number of hydrogen-bond donors (Lipinski definition) is 1. The van der Waals surface area contributed by atoms with Crippen molar-refractivity contribution < 1.29 is 31.0 Å². The standard InChI is InChI=1S/C26H17F4N3O3S/c1-35-23-14-20(15-3-2-4-17(11-15)26(28,29)30)22(27)13-21(23)25-19-6-5-18(12-16(19)7-9-31-25)37(34)33-24-8-10-36-32-24/h2-14H,1H3,(H,32,33). The number of ether oxygens (including phenoxy) is 1. The van der Waals surface area contributed by atoms with Crippen molar-refractivity contribution >= 4 is 27.6 Å². The van der Waals surface area contributed by atoms with Crippen molar-refractivity contribution in [3.05, 3.63) is 90.6 Å². The van der Waals surface area contributed by atoms with Gasteiger partial charge in [-0.25, -0.2) is 8.60 Å². The topological polar surface area (TPSA) is 77.2 Å². The van der Waals surface area contributed by atoms with Crippen LogP contribution in [0.5, 0.6) is 5.75 Å². The van der Waals surface area contributed by atoms with Gasteiger partial charge in [0.2, 0.25) is 0 Å². The zero-order valence-electron chi connectivity index (χ0n) is 19.0. The first kappa shape index (κ1) is 24.4. The van der Waals surface area contributed by atoms with Gasteiger partial charge >= 0.3 is 6.18 Å². The minimum absolute atomic E-state index is 0.0384. The molecule has 0 bridgehead atoms. The molecule has 0 aliphatic heterocycles. The summed E-state index contributed by atoms with van der Waals surface area (Å²) in [5.41, 5.74) is -0.144. The molecule has 2 heterocycles. The number of aromatic nitrogens is 2. The Morgan fingerprint density at radius 3 is 2.57 bits per heavy atom. The minimum Gasteiger partial charge on any atom is -0.496 e. The smallest absolute Gasteiger partial charge is 0.416 e. The first-order chi connectivity index (χ1) is 17.7. The fourth-order valence-electron chi connectivity index (χ4n) is 3.90. The van der Waals surface area contributed by atoms with E-state index in [4.69, 9.17) is 9.26 Å². The predicted octanol–water partition coefficient (Wildman–Crippen LogP) is 6.86. The number of methoxy groups -OCH3 is 1. The number of halogens is 4. The normalized spacial score (nSPS) is 12.5. The molecule has 1 atom stereocenters. The molecule has 0 spiro atoms. The summed E-state index contributed by atoms with van der Waals surface area (Å²) in [6.07, 6.45) is -1.69. The van der Waals surface area contributed by atoms with Gasteiger partial charge in [-0.05, 0) is 53.4 Å². The maximum atomic E-state index is 15.3. The van der Waals surface area contributed by atoms with Crippen molar-refractivity contribution in [2.75, 3.05) is 11.8 Å². The van der Waals surface area contributed by atoms with Gasteiger partial charge in [0.1, 0.15) is 17.8 Å². The number of anilines is 1. The Morgan fingerprint density at radius 2 is 1.84 bits per heavy atom. The highest BCUT2D eigenvalue weighted by Gasteiger charge is 2.30. The van der Waals surface area contributed by atoms with Gasteiger partial charge in [0.25, 0.3) is 0 Å². The molecule has 2 aromatic heterocycles. The molecule has 0 saturated carbocycles. The van der Waals surface area contributed by atoms with Crippen molar-refractivity contribution in [2.45, 2.75) is 11.1 Å². The molecule has 0 saturated heterocycles. The highest BCUT2D eigenvalue weighted by atomic mass is 32.2. The van der Waals surface area contributed by atoms with Gasteiger partial charge in [0.05, 0.1) is 23.3 Å². The van der Waals surface area contributed by atoms with E-state index < -0.39 is 28.5 Å². The van der Waals surface area contributed by atoms with Gasteiger partial charge in [-0.1, -0.05) is 23.4 Å². The average Bonchev–Trinajstić information content (AvgIpc) is 3.40. The molecule has 11 heteroatoms. The van der Waals surface area contributed by atoms with E-state index in [2.05, 4.69) is 14.9 Å². The second kappa shape index (κ2) is 9.66. The van der Waals surface area contributed by atoms with Gasteiger partial charge in [-0.3, -0.25) is 9.71 Å². The molecule has 0 radical (unpaired) electrons. The predicted molar refractivity (Wildman–Crippen MR) is 131 cm³/mol. The highest BCUT2D eigenvalue weighted by molar-refractivity contribution is 7.86. The molecule has 6 nitrogen and oxygen atoms in total. The van der Waals surface area contributed by atoms with Crippen molar-refractivity contribution in [1.82, 2.24) is 10.1 Å².